The molecule has 3 heterocycles. The molecule has 6 heteroatoms. The van der Waals surface area contributed by atoms with Crippen molar-refractivity contribution in [3.63, 3.8) is 0 Å². The van der Waals surface area contributed by atoms with Gasteiger partial charge in [0.25, 0.3) is 0 Å². The maximum absolute atomic E-state index is 12.3. The lowest BCUT2D eigenvalue weighted by Gasteiger charge is -2.31. The van der Waals surface area contributed by atoms with Crippen molar-refractivity contribution in [2.75, 3.05) is 16.8 Å². The molecule has 1 aliphatic rings. The van der Waals surface area contributed by atoms with Crippen LogP contribution in [-0.4, -0.2) is 28.2 Å². The number of carbonyl (C=O) groups excluding carboxylic acids is 2. The van der Waals surface area contributed by atoms with Crippen molar-refractivity contribution >= 4 is 23.2 Å². The molecule has 3 rings (SSSR count). The van der Waals surface area contributed by atoms with E-state index in [-0.39, 0.29) is 17.1 Å². The van der Waals surface area contributed by atoms with Crippen molar-refractivity contribution in [3.05, 3.63) is 46.9 Å². The number of nitrogens with one attached hydrogen (secondary N) is 1. The maximum Gasteiger partial charge on any atom is 0.226 e. The van der Waals surface area contributed by atoms with Crippen LogP contribution < -0.4 is 10.2 Å². The summed E-state index contributed by atoms with van der Waals surface area (Å²) < 4.78 is 0. The molecule has 0 radical (unpaired) electrons. The number of fused-ring (bicyclic) bond motifs is 1. The molecule has 0 saturated carbocycles. The molecular weight excluding hydrogens is 364 g/mol. The summed E-state index contributed by atoms with van der Waals surface area (Å²) in [6.07, 6.45) is 3.99. The Morgan fingerprint density at radius 3 is 2.62 bits per heavy atom. The fraction of sp³-hybridized carbons (Fsp3) is 0.478. The lowest BCUT2D eigenvalue weighted by atomic mass is 9.92. The summed E-state index contributed by atoms with van der Waals surface area (Å²) in [5.41, 5.74) is 4.54. The van der Waals surface area contributed by atoms with Gasteiger partial charge in [-0.15, -0.1) is 0 Å². The first kappa shape index (κ1) is 21.0. The molecule has 6 nitrogen and oxygen atoms in total. The van der Waals surface area contributed by atoms with Crippen LogP contribution in [0.1, 0.15) is 67.8 Å². The predicted molar refractivity (Wildman–Crippen MR) is 115 cm³/mol. The number of hydrogen-bond acceptors (Lipinski definition) is 5. The van der Waals surface area contributed by atoms with Gasteiger partial charge in [-0.25, -0.2) is 4.98 Å². The Morgan fingerprint density at radius 2 is 2.00 bits per heavy atom. The predicted octanol–water partition coefficient (Wildman–Crippen LogP) is 4.32. The summed E-state index contributed by atoms with van der Waals surface area (Å²) in [5, 5.41) is 2.99. The van der Waals surface area contributed by atoms with Crippen molar-refractivity contribution < 1.29 is 9.59 Å². The molecule has 2 aromatic rings. The minimum Gasteiger partial charge on any atom is -0.364 e. The van der Waals surface area contributed by atoms with Crippen LogP contribution in [0.4, 0.5) is 11.5 Å². The largest absolute Gasteiger partial charge is 0.364 e. The van der Waals surface area contributed by atoms with Gasteiger partial charge in [0, 0.05) is 24.7 Å². The highest BCUT2D eigenvalue weighted by Gasteiger charge is 2.22. The number of anilines is 2. The highest BCUT2D eigenvalue weighted by atomic mass is 16.1. The highest BCUT2D eigenvalue weighted by molar-refractivity contribution is 5.93. The van der Waals surface area contributed by atoms with Gasteiger partial charge in [-0.05, 0) is 55.9 Å². The van der Waals surface area contributed by atoms with Gasteiger partial charge in [0.1, 0.15) is 5.82 Å². The Kier molecular flexibility index (Phi) is 6.01. The van der Waals surface area contributed by atoms with E-state index in [9.17, 15) is 9.59 Å². The number of aromatic nitrogens is 2. The van der Waals surface area contributed by atoms with Crippen molar-refractivity contribution in [1.29, 1.82) is 0 Å². The van der Waals surface area contributed by atoms with Crippen LogP contribution in [0.2, 0.25) is 0 Å². The first-order chi connectivity index (χ1) is 13.6. The summed E-state index contributed by atoms with van der Waals surface area (Å²) in [7, 11) is 0. The van der Waals surface area contributed by atoms with E-state index < -0.39 is 0 Å². The first-order valence-corrected chi connectivity index (χ1v) is 10.1. The second kappa shape index (κ2) is 8.31. The number of pyridine rings is 2. The molecule has 0 saturated heterocycles. The van der Waals surface area contributed by atoms with Crippen molar-refractivity contribution in [1.82, 2.24) is 9.97 Å². The van der Waals surface area contributed by atoms with Crippen LogP contribution in [0.5, 0.6) is 0 Å². The van der Waals surface area contributed by atoms with E-state index in [2.05, 4.69) is 42.0 Å². The number of amides is 1. The lowest BCUT2D eigenvalue weighted by Crippen LogP contribution is -2.30. The molecule has 0 fully saturated rings. The van der Waals surface area contributed by atoms with E-state index in [1.807, 2.05) is 19.1 Å². The number of ketones is 1. The summed E-state index contributed by atoms with van der Waals surface area (Å²) in [4.78, 5) is 35.3. The van der Waals surface area contributed by atoms with Crippen molar-refractivity contribution in [2.45, 2.75) is 60.4 Å². The highest BCUT2D eigenvalue weighted by Crippen LogP contribution is 2.31. The van der Waals surface area contributed by atoms with Gasteiger partial charge in [0.05, 0.1) is 23.6 Å². The zero-order chi connectivity index (χ0) is 21.2. The smallest absolute Gasteiger partial charge is 0.226 e. The Balaban J connectivity index is 1.78. The molecule has 1 amide bonds. The van der Waals surface area contributed by atoms with Gasteiger partial charge >= 0.3 is 0 Å². The number of rotatable bonds is 5. The molecule has 0 aromatic carbocycles. The van der Waals surface area contributed by atoms with Crippen LogP contribution in [0, 0.1) is 12.3 Å². The fourth-order valence-electron chi connectivity index (χ4n) is 3.52. The first-order valence-electron chi connectivity index (χ1n) is 10.1. The van der Waals surface area contributed by atoms with Crippen molar-refractivity contribution in [3.8, 4) is 0 Å². The SMILES string of the molecule is CC(=O)c1ccc(CN2CCCc3nc(NC(=O)CC(C)(C)C)c(C)cc32)nc1. The number of Topliss-reactive ketones (excluding diaryl/α,β-unsaturated/α-hetero) is 1. The van der Waals surface area contributed by atoms with Crippen LogP contribution in [0.25, 0.3) is 0 Å². The van der Waals surface area contributed by atoms with Gasteiger partial charge in [0.2, 0.25) is 5.91 Å². The monoisotopic (exact) mass is 394 g/mol. The third kappa shape index (κ3) is 5.40. The molecule has 2 aromatic heterocycles. The number of nitrogens with zero attached hydrogens (tertiary/aromatic N) is 3. The molecule has 1 aliphatic heterocycles. The quantitative estimate of drug-likeness (QED) is 0.765. The second-order valence-electron chi connectivity index (χ2n) is 9.02. The fourth-order valence-corrected chi connectivity index (χ4v) is 3.52. The summed E-state index contributed by atoms with van der Waals surface area (Å²) >= 11 is 0. The molecule has 0 spiro atoms. The second-order valence-corrected chi connectivity index (χ2v) is 9.02. The average Bonchev–Trinajstić information content (AvgIpc) is 2.62. The topological polar surface area (TPSA) is 75.2 Å². The van der Waals surface area contributed by atoms with Crippen LogP contribution in [-0.2, 0) is 17.8 Å². The molecule has 154 valence electrons. The van der Waals surface area contributed by atoms with Crippen molar-refractivity contribution in [2.24, 2.45) is 5.41 Å². The molecule has 1 N–H and O–H groups in total. The summed E-state index contributed by atoms with van der Waals surface area (Å²) in [6, 6.07) is 5.84. The molecule has 0 unspecified atom stereocenters. The van der Waals surface area contributed by atoms with E-state index in [1.54, 1.807) is 13.1 Å². The number of hydrogen-bond donors (Lipinski definition) is 1. The molecule has 0 aliphatic carbocycles. The minimum absolute atomic E-state index is 0.00419. The Morgan fingerprint density at radius 1 is 1.24 bits per heavy atom. The molecular formula is C23H30N4O2. The standard InChI is InChI=1S/C23H30N4O2/c1-15-11-20-19(25-22(15)26-21(29)12-23(3,4)5)7-6-10-27(20)14-18-9-8-17(13-24-18)16(2)28/h8-9,11,13H,6-7,10,12,14H2,1-5H3,(H,25,26,29). The van der Waals surface area contributed by atoms with Gasteiger partial charge in [-0.1, -0.05) is 20.8 Å². The summed E-state index contributed by atoms with van der Waals surface area (Å²) in [6.45, 7) is 11.3. The molecule has 0 bridgehead atoms. The minimum atomic E-state index is -0.0616. The van der Waals surface area contributed by atoms with Crippen LogP contribution >= 0.6 is 0 Å². The zero-order valence-electron chi connectivity index (χ0n) is 18.0. The third-order valence-corrected chi connectivity index (χ3v) is 4.98. The van der Waals surface area contributed by atoms with Gasteiger partial charge in [-0.2, -0.15) is 0 Å². The normalized spacial score (nSPS) is 13.8. The third-order valence-electron chi connectivity index (χ3n) is 4.98. The van der Waals surface area contributed by atoms with Gasteiger partial charge in [0.15, 0.2) is 5.78 Å². The summed E-state index contributed by atoms with van der Waals surface area (Å²) in [5.74, 6) is 0.674. The van der Waals surface area contributed by atoms with Crippen LogP contribution in [0.15, 0.2) is 24.4 Å². The van der Waals surface area contributed by atoms with Gasteiger partial charge < -0.3 is 10.2 Å². The van der Waals surface area contributed by atoms with E-state index in [0.717, 1.165) is 42.0 Å². The Labute approximate surface area is 172 Å². The zero-order valence-corrected chi connectivity index (χ0v) is 18.0. The van der Waals surface area contributed by atoms with E-state index in [0.29, 0.717) is 24.3 Å². The Hall–Kier alpha value is -2.76. The average molecular weight is 395 g/mol. The van der Waals surface area contributed by atoms with E-state index in [1.165, 1.54) is 0 Å². The molecule has 0 atom stereocenters. The molecule has 29 heavy (non-hydrogen) atoms. The van der Waals surface area contributed by atoms with E-state index in [4.69, 9.17) is 4.98 Å². The number of aryl methyl sites for hydroxylation is 2. The Bertz CT molecular complexity index is 914. The lowest BCUT2D eigenvalue weighted by molar-refractivity contribution is -0.117. The van der Waals surface area contributed by atoms with Gasteiger partial charge in [-0.3, -0.25) is 14.6 Å². The maximum atomic E-state index is 12.3. The van der Waals surface area contributed by atoms with Crippen LogP contribution in [0.3, 0.4) is 0 Å². The van der Waals surface area contributed by atoms with E-state index >= 15 is 0 Å². The number of carbonyl (C=O) groups is 2.